The second kappa shape index (κ2) is 5.99. The third-order valence-electron chi connectivity index (χ3n) is 2.59. The number of nitrogens with two attached hydrogens (primary N) is 1. The van der Waals surface area contributed by atoms with E-state index in [1.165, 1.54) is 17.3 Å². The molecule has 0 fully saturated rings. The minimum Gasteiger partial charge on any atom is -0.409 e. The molecule has 0 saturated heterocycles. The van der Waals surface area contributed by atoms with Gasteiger partial charge in [-0.3, -0.25) is 0 Å². The van der Waals surface area contributed by atoms with Crippen molar-refractivity contribution in [3.8, 4) is 0 Å². The van der Waals surface area contributed by atoms with E-state index in [-0.39, 0.29) is 5.84 Å². The van der Waals surface area contributed by atoms with E-state index in [2.05, 4.69) is 5.16 Å². The SMILES string of the molecule is Cc1ccc(Sc2cccc(Cl)c2C(N)=NO)cc1. The van der Waals surface area contributed by atoms with Crippen molar-refractivity contribution in [1.82, 2.24) is 0 Å². The third kappa shape index (κ3) is 3.22. The highest BCUT2D eigenvalue weighted by Gasteiger charge is 2.12. The highest BCUT2D eigenvalue weighted by Crippen LogP contribution is 2.33. The Balaban J connectivity index is 2.40. The van der Waals surface area contributed by atoms with E-state index in [0.29, 0.717) is 10.6 Å². The molecular weight excluding hydrogens is 280 g/mol. The van der Waals surface area contributed by atoms with Crippen molar-refractivity contribution in [3.05, 3.63) is 58.6 Å². The fraction of sp³-hybridized carbons (Fsp3) is 0.0714. The van der Waals surface area contributed by atoms with Gasteiger partial charge < -0.3 is 10.9 Å². The lowest BCUT2D eigenvalue weighted by atomic mass is 10.2. The third-order valence-corrected chi connectivity index (χ3v) is 3.97. The molecule has 98 valence electrons. The number of halogens is 1. The van der Waals surface area contributed by atoms with E-state index in [9.17, 15) is 0 Å². The van der Waals surface area contributed by atoms with Crippen LogP contribution in [-0.2, 0) is 0 Å². The van der Waals surface area contributed by atoms with E-state index in [4.69, 9.17) is 22.5 Å². The van der Waals surface area contributed by atoms with Crippen molar-refractivity contribution >= 4 is 29.2 Å². The molecule has 0 saturated carbocycles. The minimum atomic E-state index is 0.0141. The van der Waals surface area contributed by atoms with Gasteiger partial charge in [-0.15, -0.1) is 0 Å². The summed E-state index contributed by atoms with van der Waals surface area (Å²) in [4.78, 5) is 1.92. The van der Waals surface area contributed by atoms with E-state index >= 15 is 0 Å². The maximum absolute atomic E-state index is 8.83. The van der Waals surface area contributed by atoms with Crippen LogP contribution in [0.5, 0.6) is 0 Å². The first-order valence-corrected chi connectivity index (χ1v) is 6.82. The van der Waals surface area contributed by atoms with E-state index in [0.717, 1.165) is 9.79 Å². The Morgan fingerprint density at radius 1 is 1.21 bits per heavy atom. The second-order valence-electron chi connectivity index (χ2n) is 4.01. The Kier molecular flexibility index (Phi) is 4.35. The fourth-order valence-corrected chi connectivity index (χ4v) is 2.94. The molecule has 0 aliphatic heterocycles. The molecule has 2 aromatic rings. The van der Waals surface area contributed by atoms with Crippen LogP contribution in [0.4, 0.5) is 0 Å². The van der Waals surface area contributed by atoms with Crippen LogP contribution in [0.2, 0.25) is 5.02 Å². The molecular formula is C14H13ClN2OS. The Bertz CT molecular complexity index is 611. The van der Waals surface area contributed by atoms with Crippen molar-refractivity contribution in [3.63, 3.8) is 0 Å². The van der Waals surface area contributed by atoms with Gasteiger partial charge in [-0.05, 0) is 31.2 Å². The monoisotopic (exact) mass is 292 g/mol. The average Bonchev–Trinajstić information content (AvgIpc) is 2.41. The molecule has 19 heavy (non-hydrogen) atoms. The van der Waals surface area contributed by atoms with Crippen LogP contribution >= 0.6 is 23.4 Å². The van der Waals surface area contributed by atoms with E-state index in [1.807, 2.05) is 43.3 Å². The predicted octanol–water partition coefficient (Wildman–Crippen LogP) is 3.89. The predicted molar refractivity (Wildman–Crippen MR) is 79.3 cm³/mol. The highest BCUT2D eigenvalue weighted by atomic mass is 35.5. The maximum atomic E-state index is 8.83. The Morgan fingerprint density at radius 3 is 2.53 bits per heavy atom. The average molecular weight is 293 g/mol. The zero-order valence-corrected chi connectivity index (χ0v) is 11.9. The maximum Gasteiger partial charge on any atom is 0.172 e. The summed E-state index contributed by atoms with van der Waals surface area (Å²) in [6, 6.07) is 13.6. The van der Waals surface area contributed by atoms with Crippen LogP contribution < -0.4 is 5.73 Å². The zero-order chi connectivity index (χ0) is 13.8. The second-order valence-corrected chi connectivity index (χ2v) is 5.54. The van der Waals surface area contributed by atoms with Gasteiger partial charge in [-0.25, -0.2) is 0 Å². The zero-order valence-electron chi connectivity index (χ0n) is 10.3. The van der Waals surface area contributed by atoms with Gasteiger partial charge in [0.05, 0.1) is 10.6 Å². The summed E-state index contributed by atoms with van der Waals surface area (Å²) >= 11 is 7.63. The van der Waals surface area contributed by atoms with Crippen molar-refractivity contribution in [2.45, 2.75) is 16.7 Å². The molecule has 0 bridgehead atoms. The molecule has 0 aliphatic carbocycles. The molecule has 0 aromatic heterocycles. The van der Waals surface area contributed by atoms with Gasteiger partial charge in [0.1, 0.15) is 0 Å². The van der Waals surface area contributed by atoms with E-state index in [1.54, 1.807) is 6.07 Å². The standard InChI is InChI=1S/C14H13ClN2OS/c1-9-5-7-10(8-6-9)19-12-4-2-3-11(15)13(12)14(16)17-18/h2-8,18H,1H3,(H2,16,17). The van der Waals surface area contributed by atoms with Crippen LogP contribution in [0.25, 0.3) is 0 Å². The molecule has 0 aliphatic rings. The van der Waals surface area contributed by atoms with Crippen LogP contribution in [0.3, 0.4) is 0 Å². The molecule has 0 spiro atoms. The van der Waals surface area contributed by atoms with Crippen LogP contribution in [0, 0.1) is 6.92 Å². The van der Waals surface area contributed by atoms with Gasteiger partial charge in [0.25, 0.3) is 0 Å². The number of aryl methyl sites for hydroxylation is 1. The van der Waals surface area contributed by atoms with Gasteiger partial charge >= 0.3 is 0 Å². The van der Waals surface area contributed by atoms with Crippen molar-refractivity contribution in [1.29, 1.82) is 0 Å². The lowest BCUT2D eigenvalue weighted by Gasteiger charge is -2.09. The number of hydrogen-bond acceptors (Lipinski definition) is 3. The minimum absolute atomic E-state index is 0.0141. The van der Waals surface area contributed by atoms with Gasteiger partial charge in [-0.2, -0.15) is 0 Å². The first-order chi connectivity index (χ1) is 9.11. The summed E-state index contributed by atoms with van der Waals surface area (Å²) in [6.45, 7) is 2.04. The van der Waals surface area contributed by atoms with Gasteiger partial charge in [0.15, 0.2) is 5.84 Å². The normalized spacial score (nSPS) is 11.6. The Hall–Kier alpha value is -1.65. The molecule has 0 heterocycles. The first kappa shape index (κ1) is 13.8. The highest BCUT2D eigenvalue weighted by molar-refractivity contribution is 7.99. The van der Waals surface area contributed by atoms with Crippen LogP contribution in [0.1, 0.15) is 11.1 Å². The van der Waals surface area contributed by atoms with E-state index < -0.39 is 0 Å². The Labute approximate surface area is 121 Å². The molecule has 3 N–H and O–H groups in total. The lowest BCUT2D eigenvalue weighted by Crippen LogP contribution is -2.14. The number of rotatable bonds is 3. The molecule has 0 unspecified atom stereocenters. The summed E-state index contributed by atoms with van der Waals surface area (Å²) in [5, 5.41) is 12.3. The quantitative estimate of drug-likeness (QED) is 0.390. The summed E-state index contributed by atoms with van der Waals surface area (Å²) in [6.07, 6.45) is 0. The molecule has 5 heteroatoms. The van der Waals surface area contributed by atoms with Gasteiger partial charge in [0, 0.05) is 9.79 Å². The number of oxime groups is 1. The Morgan fingerprint density at radius 2 is 1.89 bits per heavy atom. The van der Waals surface area contributed by atoms with Crippen molar-refractivity contribution in [2.75, 3.05) is 0 Å². The molecule has 3 nitrogen and oxygen atoms in total. The van der Waals surface area contributed by atoms with Crippen molar-refractivity contribution < 1.29 is 5.21 Å². The van der Waals surface area contributed by atoms with Gasteiger partial charge in [-0.1, -0.05) is 52.3 Å². The smallest absolute Gasteiger partial charge is 0.172 e. The molecule has 0 atom stereocenters. The summed E-state index contributed by atoms with van der Waals surface area (Å²) < 4.78 is 0. The van der Waals surface area contributed by atoms with Crippen LogP contribution in [-0.4, -0.2) is 11.0 Å². The van der Waals surface area contributed by atoms with Crippen LogP contribution in [0.15, 0.2) is 57.4 Å². The topological polar surface area (TPSA) is 58.6 Å². The number of benzene rings is 2. The number of hydrogen-bond donors (Lipinski definition) is 2. The largest absolute Gasteiger partial charge is 0.409 e. The molecule has 2 aromatic carbocycles. The molecule has 2 rings (SSSR count). The summed E-state index contributed by atoms with van der Waals surface area (Å²) in [5.41, 5.74) is 7.43. The van der Waals surface area contributed by atoms with Gasteiger partial charge in [0.2, 0.25) is 0 Å². The molecule has 0 amide bonds. The molecule has 0 radical (unpaired) electrons. The lowest BCUT2D eigenvalue weighted by molar-refractivity contribution is 0.318. The first-order valence-electron chi connectivity index (χ1n) is 5.62. The summed E-state index contributed by atoms with van der Waals surface area (Å²) in [7, 11) is 0. The van der Waals surface area contributed by atoms with Crippen molar-refractivity contribution in [2.24, 2.45) is 10.9 Å². The number of nitrogens with zero attached hydrogens (tertiary/aromatic N) is 1. The summed E-state index contributed by atoms with van der Waals surface area (Å²) in [5.74, 6) is 0.0141. The number of amidine groups is 1. The fourth-order valence-electron chi connectivity index (χ4n) is 1.62.